The summed E-state index contributed by atoms with van der Waals surface area (Å²) in [6.45, 7) is 6.11. The van der Waals surface area contributed by atoms with E-state index in [9.17, 15) is 0 Å². The zero-order chi connectivity index (χ0) is 10.7. The Morgan fingerprint density at radius 3 is 2.87 bits per heavy atom. The van der Waals surface area contributed by atoms with E-state index < -0.39 is 0 Å². The maximum atomic E-state index is 4.50. The number of anilines is 2. The van der Waals surface area contributed by atoms with Crippen LogP contribution in [0.3, 0.4) is 0 Å². The van der Waals surface area contributed by atoms with Crippen molar-refractivity contribution in [2.75, 3.05) is 23.3 Å². The van der Waals surface area contributed by atoms with Gasteiger partial charge in [0.25, 0.3) is 0 Å². The van der Waals surface area contributed by atoms with Gasteiger partial charge in [0.1, 0.15) is 5.82 Å². The van der Waals surface area contributed by atoms with E-state index in [0.717, 1.165) is 24.9 Å². The Labute approximate surface area is 90.7 Å². The molecule has 1 saturated carbocycles. The van der Waals surface area contributed by atoms with E-state index in [0.29, 0.717) is 6.04 Å². The van der Waals surface area contributed by atoms with Crippen molar-refractivity contribution >= 4 is 11.8 Å². The summed E-state index contributed by atoms with van der Waals surface area (Å²) in [7, 11) is 0. The zero-order valence-corrected chi connectivity index (χ0v) is 9.40. The standard InChI is InChI=1S/C11H18N4/c1-3-12-11-13-8-7-10(14-11)15(4-2)9-5-6-9/h7-9H,3-6H2,1-2H3,(H,12,13,14). The lowest BCUT2D eigenvalue weighted by atomic mass is 10.4. The lowest BCUT2D eigenvalue weighted by Crippen LogP contribution is -2.26. The number of nitrogens with zero attached hydrogens (tertiary/aromatic N) is 3. The Morgan fingerprint density at radius 2 is 2.27 bits per heavy atom. The molecule has 0 aliphatic heterocycles. The molecule has 0 unspecified atom stereocenters. The van der Waals surface area contributed by atoms with Crippen molar-refractivity contribution in [2.45, 2.75) is 32.7 Å². The third-order valence-electron chi connectivity index (χ3n) is 2.60. The lowest BCUT2D eigenvalue weighted by Gasteiger charge is -2.21. The number of aromatic nitrogens is 2. The van der Waals surface area contributed by atoms with E-state index in [4.69, 9.17) is 0 Å². The van der Waals surface area contributed by atoms with Gasteiger partial charge in [-0.2, -0.15) is 4.98 Å². The fourth-order valence-corrected chi connectivity index (χ4v) is 1.75. The van der Waals surface area contributed by atoms with Gasteiger partial charge in [-0.25, -0.2) is 4.98 Å². The highest BCUT2D eigenvalue weighted by molar-refractivity contribution is 5.44. The predicted molar refractivity (Wildman–Crippen MR) is 62.2 cm³/mol. The van der Waals surface area contributed by atoms with Crippen LogP contribution < -0.4 is 10.2 Å². The molecule has 1 aliphatic rings. The van der Waals surface area contributed by atoms with E-state index >= 15 is 0 Å². The molecule has 1 aromatic heterocycles. The van der Waals surface area contributed by atoms with E-state index in [1.54, 1.807) is 0 Å². The average Bonchev–Trinajstić information content (AvgIpc) is 3.04. The molecule has 2 rings (SSSR count). The Morgan fingerprint density at radius 1 is 1.47 bits per heavy atom. The fraction of sp³-hybridized carbons (Fsp3) is 0.636. The highest BCUT2D eigenvalue weighted by atomic mass is 15.3. The number of rotatable bonds is 5. The molecule has 0 amide bonds. The van der Waals surface area contributed by atoms with Gasteiger partial charge >= 0.3 is 0 Å². The summed E-state index contributed by atoms with van der Waals surface area (Å²) in [5.41, 5.74) is 0. The molecular weight excluding hydrogens is 188 g/mol. The van der Waals surface area contributed by atoms with E-state index in [1.807, 2.05) is 12.3 Å². The first-order chi connectivity index (χ1) is 7.35. The van der Waals surface area contributed by atoms with Crippen LogP contribution in [0.1, 0.15) is 26.7 Å². The molecule has 0 aromatic carbocycles. The minimum absolute atomic E-state index is 0.708. The van der Waals surface area contributed by atoms with E-state index in [1.165, 1.54) is 12.8 Å². The summed E-state index contributed by atoms with van der Waals surface area (Å²) < 4.78 is 0. The lowest BCUT2D eigenvalue weighted by molar-refractivity contribution is 0.805. The van der Waals surface area contributed by atoms with Crippen LogP contribution in [-0.2, 0) is 0 Å². The molecule has 15 heavy (non-hydrogen) atoms. The van der Waals surface area contributed by atoms with Crippen molar-refractivity contribution in [1.82, 2.24) is 9.97 Å². The van der Waals surface area contributed by atoms with Crippen LogP contribution >= 0.6 is 0 Å². The molecule has 4 nitrogen and oxygen atoms in total. The first-order valence-electron chi connectivity index (χ1n) is 5.68. The topological polar surface area (TPSA) is 41.1 Å². The van der Waals surface area contributed by atoms with Crippen LogP contribution in [0.15, 0.2) is 12.3 Å². The molecule has 82 valence electrons. The molecule has 0 spiro atoms. The minimum Gasteiger partial charge on any atom is -0.354 e. The fourth-order valence-electron chi connectivity index (χ4n) is 1.75. The monoisotopic (exact) mass is 206 g/mol. The molecule has 1 aromatic rings. The average molecular weight is 206 g/mol. The minimum atomic E-state index is 0.708. The Kier molecular flexibility index (Phi) is 3.04. The molecule has 0 atom stereocenters. The van der Waals surface area contributed by atoms with Gasteiger partial charge in [-0.3, -0.25) is 0 Å². The number of nitrogens with one attached hydrogen (secondary N) is 1. The molecule has 1 N–H and O–H groups in total. The number of hydrogen-bond acceptors (Lipinski definition) is 4. The molecule has 1 fully saturated rings. The molecule has 0 bridgehead atoms. The van der Waals surface area contributed by atoms with Gasteiger partial charge in [0.15, 0.2) is 0 Å². The first-order valence-corrected chi connectivity index (χ1v) is 5.68. The molecule has 4 heteroatoms. The summed E-state index contributed by atoms with van der Waals surface area (Å²) in [6, 6.07) is 2.70. The summed E-state index contributed by atoms with van der Waals surface area (Å²) in [5, 5.41) is 3.14. The van der Waals surface area contributed by atoms with E-state index in [2.05, 4.69) is 34.0 Å². The molecule has 1 aliphatic carbocycles. The van der Waals surface area contributed by atoms with E-state index in [-0.39, 0.29) is 0 Å². The van der Waals surface area contributed by atoms with Crippen LogP contribution in [0.2, 0.25) is 0 Å². The van der Waals surface area contributed by atoms with Crippen molar-refractivity contribution in [2.24, 2.45) is 0 Å². The second-order valence-electron chi connectivity index (χ2n) is 3.79. The Bertz CT molecular complexity index is 322. The van der Waals surface area contributed by atoms with Crippen LogP contribution in [0, 0.1) is 0 Å². The zero-order valence-electron chi connectivity index (χ0n) is 9.40. The third kappa shape index (κ3) is 2.37. The number of hydrogen-bond donors (Lipinski definition) is 1. The summed E-state index contributed by atoms with van der Waals surface area (Å²) >= 11 is 0. The van der Waals surface area contributed by atoms with Crippen molar-refractivity contribution in [1.29, 1.82) is 0 Å². The predicted octanol–water partition coefficient (Wildman–Crippen LogP) is 1.90. The van der Waals surface area contributed by atoms with Gasteiger partial charge in [0.2, 0.25) is 5.95 Å². The molecule has 1 heterocycles. The first kappa shape index (κ1) is 10.2. The third-order valence-corrected chi connectivity index (χ3v) is 2.60. The highest BCUT2D eigenvalue weighted by Crippen LogP contribution is 2.30. The Hall–Kier alpha value is -1.32. The van der Waals surface area contributed by atoms with Crippen molar-refractivity contribution in [3.63, 3.8) is 0 Å². The van der Waals surface area contributed by atoms with Gasteiger partial charge in [0, 0.05) is 25.3 Å². The van der Waals surface area contributed by atoms with Gasteiger partial charge in [-0.15, -0.1) is 0 Å². The normalized spacial score (nSPS) is 15.1. The second-order valence-corrected chi connectivity index (χ2v) is 3.79. The van der Waals surface area contributed by atoms with Gasteiger partial charge in [-0.1, -0.05) is 0 Å². The van der Waals surface area contributed by atoms with Crippen LogP contribution in [0.5, 0.6) is 0 Å². The van der Waals surface area contributed by atoms with Crippen LogP contribution in [-0.4, -0.2) is 29.1 Å². The van der Waals surface area contributed by atoms with Crippen molar-refractivity contribution < 1.29 is 0 Å². The van der Waals surface area contributed by atoms with Gasteiger partial charge in [0.05, 0.1) is 0 Å². The summed E-state index contributed by atoms with van der Waals surface area (Å²) in [4.78, 5) is 11.0. The van der Waals surface area contributed by atoms with Gasteiger partial charge in [-0.05, 0) is 32.8 Å². The molecular formula is C11H18N4. The maximum Gasteiger partial charge on any atom is 0.224 e. The van der Waals surface area contributed by atoms with Crippen molar-refractivity contribution in [3.05, 3.63) is 12.3 Å². The highest BCUT2D eigenvalue weighted by Gasteiger charge is 2.28. The quantitative estimate of drug-likeness (QED) is 0.799. The van der Waals surface area contributed by atoms with Gasteiger partial charge < -0.3 is 10.2 Å². The van der Waals surface area contributed by atoms with Crippen LogP contribution in [0.4, 0.5) is 11.8 Å². The largest absolute Gasteiger partial charge is 0.354 e. The molecule has 0 saturated heterocycles. The maximum absolute atomic E-state index is 4.50. The summed E-state index contributed by atoms with van der Waals surface area (Å²) in [6.07, 6.45) is 4.42. The molecule has 0 radical (unpaired) electrons. The van der Waals surface area contributed by atoms with Crippen molar-refractivity contribution in [3.8, 4) is 0 Å². The second kappa shape index (κ2) is 4.47. The van der Waals surface area contributed by atoms with Crippen LogP contribution in [0.25, 0.3) is 0 Å². The Balaban J connectivity index is 2.14. The smallest absolute Gasteiger partial charge is 0.224 e. The summed E-state index contributed by atoms with van der Waals surface area (Å²) in [5.74, 6) is 1.78. The SMILES string of the molecule is CCNc1nccc(N(CC)C2CC2)n1.